The Kier molecular flexibility index (Phi) is 15.2. The van der Waals surface area contributed by atoms with Crippen LogP contribution in [-0.2, 0) is 28.6 Å². The van der Waals surface area contributed by atoms with Crippen LogP contribution >= 0.6 is 0 Å². The lowest BCUT2D eigenvalue weighted by Crippen LogP contribution is -2.48. The van der Waals surface area contributed by atoms with Crippen LogP contribution in [0.15, 0.2) is 0 Å². The molecule has 1 fully saturated rings. The molecule has 6 nitrogen and oxygen atoms in total. The van der Waals surface area contributed by atoms with Gasteiger partial charge in [-0.25, -0.2) is 4.79 Å². The molecule has 0 heterocycles. The number of carbonyl (C=O) groups excluding carboxylic acids is 3. The maximum absolute atomic E-state index is 12.7. The molecule has 1 saturated carbocycles. The molecule has 0 bridgehead atoms. The minimum absolute atomic E-state index is 0.199. The average Bonchev–Trinajstić information content (AvgIpc) is 2.76. The van der Waals surface area contributed by atoms with Crippen molar-refractivity contribution in [1.29, 1.82) is 0 Å². The summed E-state index contributed by atoms with van der Waals surface area (Å²) in [5.41, 5.74) is -1.27. The summed E-state index contributed by atoms with van der Waals surface area (Å²) in [4.78, 5) is 36.8. The molecule has 0 unspecified atom stereocenters. The number of rotatable bonds is 17. The average molecular weight is 483 g/mol. The molecule has 0 radical (unpaired) electrons. The molecular weight excluding hydrogens is 432 g/mol. The highest BCUT2D eigenvalue weighted by Crippen LogP contribution is 2.37. The molecule has 0 aromatic carbocycles. The van der Waals surface area contributed by atoms with E-state index in [1.165, 1.54) is 51.9 Å². The number of esters is 3. The summed E-state index contributed by atoms with van der Waals surface area (Å²) in [5.74, 6) is -0.216. The smallest absolute Gasteiger partial charge is 0.350 e. The van der Waals surface area contributed by atoms with Gasteiger partial charge in [0.2, 0.25) is 5.60 Å². The van der Waals surface area contributed by atoms with Gasteiger partial charge in [-0.2, -0.15) is 0 Å². The van der Waals surface area contributed by atoms with Gasteiger partial charge in [0.25, 0.3) is 0 Å². The van der Waals surface area contributed by atoms with E-state index in [1.54, 1.807) is 0 Å². The molecule has 0 saturated heterocycles. The van der Waals surface area contributed by atoms with E-state index < -0.39 is 17.5 Å². The van der Waals surface area contributed by atoms with Crippen molar-refractivity contribution in [3.05, 3.63) is 0 Å². The number of ether oxygens (including phenoxy) is 3. The van der Waals surface area contributed by atoms with Gasteiger partial charge in [0.1, 0.15) is 0 Å². The minimum Gasteiger partial charge on any atom is -0.465 e. The van der Waals surface area contributed by atoms with Gasteiger partial charge in [-0.1, -0.05) is 79.1 Å². The summed E-state index contributed by atoms with van der Waals surface area (Å²) in [6.07, 6.45) is 13.3. The molecule has 0 N–H and O–H groups in total. The first-order chi connectivity index (χ1) is 16.2. The Morgan fingerprint density at radius 3 is 1.79 bits per heavy atom. The monoisotopic (exact) mass is 482 g/mol. The molecule has 0 aromatic rings. The van der Waals surface area contributed by atoms with Gasteiger partial charge in [0.05, 0.1) is 19.1 Å². The summed E-state index contributed by atoms with van der Waals surface area (Å²) >= 11 is 0. The van der Waals surface area contributed by atoms with Crippen molar-refractivity contribution in [1.82, 2.24) is 0 Å². The van der Waals surface area contributed by atoms with Crippen LogP contribution in [0, 0.1) is 17.8 Å². The zero-order chi connectivity index (χ0) is 25.4. The van der Waals surface area contributed by atoms with Gasteiger partial charge in [-0.15, -0.1) is 0 Å². The van der Waals surface area contributed by atoms with E-state index in [-0.39, 0.29) is 11.9 Å². The first-order valence-corrected chi connectivity index (χ1v) is 13.7. The summed E-state index contributed by atoms with van der Waals surface area (Å²) in [6, 6.07) is 0. The molecule has 1 aliphatic carbocycles. The summed E-state index contributed by atoms with van der Waals surface area (Å²) in [5, 5.41) is 0. The lowest BCUT2D eigenvalue weighted by molar-refractivity contribution is -0.188. The second-order valence-electron chi connectivity index (χ2n) is 10.9. The van der Waals surface area contributed by atoms with E-state index in [0.29, 0.717) is 44.8 Å². The SMILES string of the molecule is CC(=O)OC1(C(=O)OCCC(C)C)CCC(C(=O)OCCCCCCCCCCC(C)C)CC1. The van der Waals surface area contributed by atoms with E-state index in [2.05, 4.69) is 27.7 Å². The van der Waals surface area contributed by atoms with Gasteiger partial charge < -0.3 is 14.2 Å². The van der Waals surface area contributed by atoms with Crippen LogP contribution < -0.4 is 0 Å². The molecule has 0 aliphatic heterocycles. The highest BCUT2D eigenvalue weighted by atomic mass is 16.6. The lowest BCUT2D eigenvalue weighted by atomic mass is 9.78. The van der Waals surface area contributed by atoms with Crippen LogP contribution in [0.25, 0.3) is 0 Å². The second-order valence-corrected chi connectivity index (χ2v) is 10.9. The maximum Gasteiger partial charge on any atom is 0.350 e. The minimum atomic E-state index is -1.27. The Balaban J connectivity index is 2.24. The largest absolute Gasteiger partial charge is 0.465 e. The fourth-order valence-corrected chi connectivity index (χ4v) is 4.47. The predicted molar refractivity (Wildman–Crippen MR) is 134 cm³/mol. The van der Waals surface area contributed by atoms with Crippen molar-refractivity contribution in [3.8, 4) is 0 Å². The van der Waals surface area contributed by atoms with Crippen molar-refractivity contribution < 1.29 is 28.6 Å². The number of hydrogen-bond donors (Lipinski definition) is 0. The van der Waals surface area contributed by atoms with Gasteiger partial charge >= 0.3 is 17.9 Å². The molecule has 0 aromatic heterocycles. The molecule has 0 atom stereocenters. The van der Waals surface area contributed by atoms with Gasteiger partial charge in [0, 0.05) is 6.92 Å². The highest BCUT2D eigenvalue weighted by Gasteiger charge is 2.47. The molecule has 0 amide bonds. The Labute approximate surface area is 207 Å². The van der Waals surface area contributed by atoms with Crippen LogP contribution in [0.1, 0.15) is 125 Å². The van der Waals surface area contributed by atoms with E-state index in [1.807, 2.05) is 0 Å². The first-order valence-electron chi connectivity index (χ1n) is 13.7. The summed E-state index contributed by atoms with van der Waals surface area (Å²) in [7, 11) is 0. The third-order valence-corrected chi connectivity index (χ3v) is 6.69. The Bertz CT molecular complexity index is 590. The zero-order valence-electron chi connectivity index (χ0n) is 22.5. The molecule has 0 spiro atoms. The fourth-order valence-electron chi connectivity index (χ4n) is 4.47. The maximum atomic E-state index is 12.7. The third kappa shape index (κ3) is 12.8. The summed E-state index contributed by atoms with van der Waals surface area (Å²) in [6.45, 7) is 10.7. The normalized spacial score (nSPS) is 20.4. The Hall–Kier alpha value is -1.59. The van der Waals surface area contributed by atoms with Gasteiger partial charge in [-0.05, 0) is 50.4 Å². The molecule has 1 rings (SSSR count). The zero-order valence-corrected chi connectivity index (χ0v) is 22.5. The first kappa shape index (κ1) is 30.4. The van der Waals surface area contributed by atoms with Gasteiger partial charge in [0.15, 0.2) is 0 Å². The lowest BCUT2D eigenvalue weighted by Gasteiger charge is -2.36. The van der Waals surface area contributed by atoms with Crippen molar-refractivity contribution in [2.24, 2.45) is 17.8 Å². The van der Waals surface area contributed by atoms with Crippen LogP contribution in [0.4, 0.5) is 0 Å². The van der Waals surface area contributed by atoms with Crippen LogP contribution in [0.2, 0.25) is 0 Å². The van der Waals surface area contributed by atoms with E-state index in [0.717, 1.165) is 25.2 Å². The van der Waals surface area contributed by atoms with Crippen LogP contribution in [0.3, 0.4) is 0 Å². The molecular formula is C28H50O6. The van der Waals surface area contributed by atoms with E-state index in [9.17, 15) is 14.4 Å². The standard InChI is InChI=1S/C28H50O6/c1-22(2)14-12-10-8-6-7-9-11-13-20-32-26(30)25-15-18-28(19-16-25,34-24(5)29)27(31)33-21-17-23(3)4/h22-23,25H,6-21H2,1-5H3. The second kappa shape index (κ2) is 16.9. The van der Waals surface area contributed by atoms with Crippen molar-refractivity contribution in [2.75, 3.05) is 13.2 Å². The molecule has 198 valence electrons. The quantitative estimate of drug-likeness (QED) is 0.129. The number of carbonyl (C=O) groups is 3. The molecule has 34 heavy (non-hydrogen) atoms. The van der Waals surface area contributed by atoms with Crippen molar-refractivity contribution in [3.63, 3.8) is 0 Å². The fraction of sp³-hybridized carbons (Fsp3) is 0.893. The third-order valence-electron chi connectivity index (χ3n) is 6.69. The topological polar surface area (TPSA) is 78.9 Å². The number of hydrogen-bond acceptors (Lipinski definition) is 6. The summed E-state index contributed by atoms with van der Waals surface area (Å²) < 4.78 is 16.3. The van der Waals surface area contributed by atoms with Crippen LogP contribution in [0.5, 0.6) is 0 Å². The van der Waals surface area contributed by atoms with Gasteiger partial charge in [-0.3, -0.25) is 9.59 Å². The van der Waals surface area contributed by atoms with Crippen LogP contribution in [-0.4, -0.2) is 36.7 Å². The molecule has 1 aliphatic rings. The predicted octanol–water partition coefficient (Wildman–Crippen LogP) is 6.78. The van der Waals surface area contributed by atoms with Crippen molar-refractivity contribution in [2.45, 2.75) is 130 Å². The van der Waals surface area contributed by atoms with E-state index >= 15 is 0 Å². The molecule has 6 heteroatoms. The Morgan fingerprint density at radius 2 is 1.26 bits per heavy atom. The Morgan fingerprint density at radius 1 is 0.735 bits per heavy atom. The number of unbranched alkanes of at least 4 members (excludes halogenated alkanes) is 7. The van der Waals surface area contributed by atoms with E-state index in [4.69, 9.17) is 14.2 Å². The highest BCUT2D eigenvalue weighted by molar-refractivity contribution is 5.83. The van der Waals surface area contributed by atoms with Crippen molar-refractivity contribution >= 4 is 17.9 Å².